The van der Waals surface area contributed by atoms with E-state index in [0.717, 1.165) is 6.20 Å². The molecule has 0 saturated carbocycles. The van der Waals surface area contributed by atoms with E-state index in [9.17, 15) is 8.78 Å². The van der Waals surface area contributed by atoms with Gasteiger partial charge < -0.3 is 15.6 Å². The highest BCUT2D eigenvalue weighted by Crippen LogP contribution is 2.33. The predicted molar refractivity (Wildman–Crippen MR) is 46.1 cm³/mol. The Morgan fingerprint density at radius 2 is 2.29 bits per heavy atom. The van der Waals surface area contributed by atoms with Crippen molar-refractivity contribution >= 4 is 5.82 Å². The first-order valence-electron chi connectivity index (χ1n) is 3.82. The highest BCUT2D eigenvalue weighted by atomic mass is 19.3. The van der Waals surface area contributed by atoms with Gasteiger partial charge in [0.1, 0.15) is 11.6 Å². The van der Waals surface area contributed by atoms with Gasteiger partial charge in [0.15, 0.2) is 0 Å². The molecule has 6 heteroatoms. The third kappa shape index (κ3) is 1.74. The van der Waals surface area contributed by atoms with Gasteiger partial charge in [-0.15, -0.1) is 0 Å². The number of halogens is 2. The van der Waals surface area contributed by atoms with E-state index < -0.39 is 13.0 Å². The van der Waals surface area contributed by atoms with E-state index in [1.807, 2.05) is 0 Å². The molecule has 1 aromatic heterocycles. The number of hydrogen-bond donors (Lipinski definition) is 2. The quantitative estimate of drug-likeness (QED) is 0.773. The minimum Gasteiger partial charge on any atom is -0.496 e. The van der Waals surface area contributed by atoms with Crippen molar-refractivity contribution in [2.24, 2.45) is 0 Å². The standard InChI is InChI=1S/C8H10F2N2O2/c1-14-6-4(7(9)10)2-12-8(11)5(6)3-13/h2,7,13H,3H2,1H3,(H2,11,12). The number of aromatic nitrogens is 1. The molecule has 1 heterocycles. The number of ether oxygens (including phenoxy) is 1. The molecular formula is C8H10F2N2O2. The van der Waals surface area contributed by atoms with Gasteiger partial charge in [-0.2, -0.15) is 0 Å². The molecule has 1 aromatic rings. The fraction of sp³-hybridized carbons (Fsp3) is 0.375. The zero-order chi connectivity index (χ0) is 10.7. The fourth-order valence-electron chi connectivity index (χ4n) is 1.12. The number of rotatable bonds is 3. The van der Waals surface area contributed by atoms with Crippen molar-refractivity contribution < 1.29 is 18.6 Å². The first-order valence-corrected chi connectivity index (χ1v) is 3.82. The number of pyridine rings is 1. The molecule has 0 saturated heterocycles. The molecule has 4 nitrogen and oxygen atoms in total. The average molecular weight is 204 g/mol. The lowest BCUT2D eigenvalue weighted by Crippen LogP contribution is -2.04. The molecular weight excluding hydrogens is 194 g/mol. The second-order valence-corrected chi connectivity index (χ2v) is 2.57. The Balaban J connectivity index is 3.33. The molecule has 0 bridgehead atoms. The van der Waals surface area contributed by atoms with Crippen molar-refractivity contribution in [3.05, 3.63) is 17.3 Å². The third-order valence-electron chi connectivity index (χ3n) is 1.79. The lowest BCUT2D eigenvalue weighted by molar-refractivity contribution is 0.146. The van der Waals surface area contributed by atoms with Gasteiger partial charge in [0, 0.05) is 6.20 Å². The topological polar surface area (TPSA) is 68.4 Å². The summed E-state index contributed by atoms with van der Waals surface area (Å²) in [5.41, 5.74) is 5.10. The van der Waals surface area contributed by atoms with Crippen LogP contribution in [0, 0.1) is 0 Å². The van der Waals surface area contributed by atoms with E-state index in [4.69, 9.17) is 15.6 Å². The largest absolute Gasteiger partial charge is 0.496 e. The Morgan fingerprint density at radius 3 is 2.71 bits per heavy atom. The summed E-state index contributed by atoms with van der Waals surface area (Å²) in [4.78, 5) is 3.54. The summed E-state index contributed by atoms with van der Waals surface area (Å²) in [6, 6.07) is 0. The van der Waals surface area contributed by atoms with E-state index in [2.05, 4.69) is 4.98 Å². The molecule has 14 heavy (non-hydrogen) atoms. The molecule has 0 amide bonds. The molecule has 0 radical (unpaired) electrons. The van der Waals surface area contributed by atoms with Gasteiger partial charge in [0.25, 0.3) is 6.43 Å². The number of alkyl halides is 2. The highest BCUT2D eigenvalue weighted by molar-refractivity contribution is 5.52. The lowest BCUT2D eigenvalue weighted by atomic mass is 10.1. The molecule has 0 aliphatic rings. The normalized spacial score (nSPS) is 10.6. The van der Waals surface area contributed by atoms with Crippen molar-refractivity contribution in [1.82, 2.24) is 4.98 Å². The van der Waals surface area contributed by atoms with Gasteiger partial charge in [0.05, 0.1) is 24.8 Å². The molecule has 0 atom stereocenters. The molecule has 0 aromatic carbocycles. The van der Waals surface area contributed by atoms with Gasteiger partial charge in [-0.3, -0.25) is 0 Å². The number of nitrogens with zero attached hydrogens (tertiary/aromatic N) is 1. The summed E-state index contributed by atoms with van der Waals surface area (Å²) < 4.78 is 29.6. The smallest absolute Gasteiger partial charge is 0.268 e. The maximum Gasteiger partial charge on any atom is 0.268 e. The van der Waals surface area contributed by atoms with Gasteiger partial charge in [-0.25, -0.2) is 13.8 Å². The van der Waals surface area contributed by atoms with Gasteiger partial charge in [0.2, 0.25) is 0 Å². The first kappa shape index (κ1) is 10.6. The number of methoxy groups -OCH3 is 1. The maximum absolute atomic E-state index is 12.4. The second-order valence-electron chi connectivity index (χ2n) is 2.57. The molecule has 78 valence electrons. The van der Waals surface area contributed by atoms with Gasteiger partial charge >= 0.3 is 0 Å². The summed E-state index contributed by atoms with van der Waals surface area (Å²) >= 11 is 0. The van der Waals surface area contributed by atoms with Crippen LogP contribution in [0.1, 0.15) is 17.6 Å². The molecule has 0 fully saturated rings. The molecule has 0 aliphatic heterocycles. The van der Waals surface area contributed by atoms with Crippen LogP contribution in [0.15, 0.2) is 6.20 Å². The molecule has 1 rings (SSSR count). The number of aliphatic hydroxyl groups excluding tert-OH is 1. The summed E-state index contributed by atoms with van der Waals surface area (Å²) in [5.74, 6) is -0.108. The van der Waals surface area contributed by atoms with Crippen molar-refractivity contribution in [2.75, 3.05) is 12.8 Å². The van der Waals surface area contributed by atoms with Crippen LogP contribution in [0.5, 0.6) is 5.75 Å². The van der Waals surface area contributed by atoms with Crippen LogP contribution >= 0.6 is 0 Å². The first-order chi connectivity index (χ1) is 6.61. The summed E-state index contributed by atoms with van der Waals surface area (Å²) in [5, 5.41) is 8.89. The Hall–Kier alpha value is -1.43. The Kier molecular flexibility index (Phi) is 3.19. The van der Waals surface area contributed by atoms with E-state index in [-0.39, 0.29) is 22.7 Å². The molecule has 0 unspecified atom stereocenters. The SMILES string of the molecule is COc1c(C(F)F)cnc(N)c1CO. The van der Waals surface area contributed by atoms with Crippen LogP contribution in [-0.2, 0) is 6.61 Å². The third-order valence-corrected chi connectivity index (χ3v) is 1.79. The van der Waals surface area contributed by atoms with Crippen LogP contribution in [0.3, 0.4) is 0 Å². The van der Waals surface area contributed by atoms with E-state index in [0.29, 0.717) is 0 Å². The minimum atomic E-state index is -2.71. The monoisotopic (exact) mass is 204 g/mol. The Morgan fingerprint density at radius 1 is 1.64 bits per heavy atom. The van der Waals surface area contributed by atoms with Gasteiger partial charge in [-0.1, -0.05) is 0 Å². The molecule has 3 N–H and O–H groups in total. The zero-order valence-electron chi connectivity index (χ0n) is 7.50. The van der Waals surface area contributed by atoms with Crippen molar-refractivity contribution in [1.29, 1.82) is 0 Å². The van der Waals surface area contributed by atoms with Gasteiger partial charge in [-0.05, 0) is 0 Å². The minimum absolute atomic E-state index is 0.00579. The molecule has 0 aliphatic carbocycles. The number of anilines is 1. The van der Waals surface area contributed by atoms with Crippen LogP contribution in [0.2, 0.25) is 0 Å². The zero-order valence-corrected chi connectivity index (χ0v) is 7.50. The maximum atomic E-state index is 12.4. The fourth-order valence-corrected chi connectivity index (χ4v) is 1.12. The van der Waals surface area contributed by atoms with Crippen LogP contribution in [0.25, 0.3) is 0 Å². The summed E-state index contributed by atoms with van der Waals surface area (Å²) in [6.45, 7) is -0.484. The summed E-state index contributed by atoms with van der Waals surface area (Å²) in [6.07, 6.45) is -1.76. The second kappa shape index (κ2) is 4.19. The average Bonchev–Trinajstić information content (AvgIpc) is 2.16. The van der Waals surface area contributed by atoms with E-state index in [1.54, 1.807) is 0 Å². The van der Waals surface area contributed by atoms with Crippen LogP contribution in [-0.4, -0.2) is 17.2 Å². The predicted octanol–water partition coefficient (Wildman–Crippen LogP) is 1.10. The molecule has 0 spiro atoms. The van der Waals surface area contributed by atoms with Crippen LogP contribution in [0.4, 0.5) is 14.6 Å². The van der Waals surface area contributed by atoms with E-state index in [1.165, 1.54) is 7.11 Å². The van der Waals surface area contributed by atoms with E-state index >= 15 is 0 Å². The Labute approximate surface area is 79.3 Å². The number of aliphatic hydroxyl groups is 1. The Bertz CT molecular complexity index is 331. The highest BCUT2D eigenvalue weighted by Gasteiger charge is 2.19. The summed E-state index contributed by atoms with van der Waals surface area (Å²) in [7, 11) is 1.24. The number of nitrogen functional groups attached to an aromatic ring is 1. The van der Waals surface area contributed by atoms with Crippen LogP contribution < -0.4 is 10.5 Å². The lowest BCUT2D eigenvalue weighted by Gasteiger charge is -2.12. The number of hydrogen-bond acceptors (Lipinski definition) is 4. The van der Waals surface area contributed by atoms with Crippen molar-refractivity contribution in [2.45, 2.75) is 13.0 Å². The number of nitrogens with two attached hydrogens (primary N) is 1. The van der Waals surface area contributed by atoms with Crippen molar-refractivity contribution in [3.63, 3.8) is 0 Å². The van der Waals surface area contributed by atoms with Crippen molar-refractivity contribution in [3.8, 4) is 5.75 Å².